The molecule has 2 rings (SSSR count). The summed E-state index contributed by atoms with van der Waals surface area (Å²) in [6, 6.07) is 1.83. The van der Waals surface area contributed by atoms with Crippen LogP contribution in [0, 0.1) is 6.92 Å². The van der Waals surface area contributed by atoms with E-state index in [4.69, 9.17) is 5.11 Å². The van der Waals surface area contributed by atoms with Gasteiger partial charge in [-0.15, -0.1) is 11.3 Å². The highest BCUT2D eigenvalue weighted by Gasteiger charge is 2.19. The smallest absolute Gasteiger partial charge is 0.345 e. The van der Waals surface area contributed by atoms with Crippen molar-refractivity contribution < 1.29 is 9.90 Å². The summed E-state index contributed by atoms with van der Waals surface area (Å²) in [6.07, 6.45) is 0. The number of aromatic carboxylic acids is 1. The molecule has 1 saturated heterocycles. The Hall–Kier alpha value is -0.520. The van der Waals surface area contributed by atoms with E-state index in [-0.39, 0.29) is 0 Å². The number of carboxylic acid groups (broad SMARTS) is 1. The van der Waals surface area contributed by atoms with Gasteiger partial charge >= 0.3 is 5.97 Å². The first kappa shape index (κ1) is 12.9. The highest BCUT2D eigenvalue weighted by Crippen LogP contribution is 2.25. The first-order valence-electron chi connectivity index (χ1n) is 5.73. The van der Waals surface area contributed by atoms with Crippen molar-refractivity contribution in [3.8, 4) is 0 Å². The van der Waals surface area contributed by atoms with E-state index in [0.717, 1.165) is 24.5 Å². The zero-order chi connectivity index (χ0) is 12.4. The Morgan fingerprint density at radius 2 is 2.41 bits per heavy atom. The molecule has 94 valence electrons. The van der Waals surface area contributed by atoms with Crippen LogP contribution in [-0.4, -0.2) is 40.1 Å². The van der Waals surface area contributed by atoms with Crippen LogP contribution in [0.5, 0.6) is 0 Å². The van der Waals surface area contributed by atoms with Gasteiger partial charge in [-0.1, -0.05) is 6.92 Å². The number of thiophene rings is 1. The molecule has 17 heavy (non-hydrogen) atoms. The number of nitrogens with zero attached hydrogens (tertiary/aromatic N) is 1. The third-order valence-corrected chi connectivity index (χ3v) is 5.17. The largest absolute Gasteiger partial charge is 0.477 e. The lowest BCUT2D eigenvalue weighted by Gasteiger charge is -2.30. The number of hydrogen-bond acceptors (Lipinski definition) is 4. The molecule has 5 heteroatoms. The van der Waals surface area contributed by atoms with E-state index in [1.807, 2.05) is 24.8 Å². The molecule has 0 amide bonds. The van der Waals surface area contributed by atoms with Gasteiger partial charge in [0.2, 0.25) is 0 Å². The normalized spacial score (nSPS) is 21.6. The third kappa shape index (κ3) is 3.24. The Bertz CT molecular complexity index is 417. The topological polar surface area (TPSA) is 40.5 Å². The maximum atomic E-state index is 10.9. The van der Waals surface area contributed by atoms with Gasteiger partial charge in [-0.3, -0.25) is 4.90 Å². The zero-order valence-corrected chi connectivity index (χ0v) is 11.7. The number of carbonyl (C=O) groups is 1. The van der Waals surface area contributed by atoms with Crippen molar-refractivity contribution in [1.29, 1.82) is 0 Å². The summed E-state index contributed by atoms with van der Waals surface area (Å²) in [5.41, 5.74) is 1.17. The molecule has 2 heterocycles. The number of thioether (sulfide) groups is 1. The van der Waals surface area contributed by atoms with Crippen molar-refractivity contribution in [3.63, 3.8) is 0 Å². The highest BCUT2D eigenvalue weighted by atomic mass is 32.2. The van der Waals surface area contributed by atoms with E-state index >= 15 is 0 Å². The van der Waals surface area contributed by atoms with Gasteiger partial charge in [0.05, 0.1) is 0 Å². The van der Waals surface area contributed by atoms with Crippen molar-refractivity contribution in [3.05, 3.63) is 21.4 Å². The third-order valence-electron chi connectivity index (χ3n) is 2.95. The summed E-state index contributed by atoms with van der Waals surface area (Å²) in [6.45, 7) is 7.35. The molecule has 0 radical (unpaired) electrons. The molecular weight excluding hydrogens is 254 g/mol. The maximum Gasteiger partial charge on any atom is 0.345 e. The van der Waals surface area contributed by atoms with Crippen molar-refractivity contribution in [2.24, 2.45) is 0 Å². The average molecular weight is 271 g/mol. The predicted molar refractivity (Wildman–Crippen MR) is 73.2 cm³/mol. The van der Waals surface area contributed by atoms with Crippen molar-refractivity contribution in [1.82, 2.24) is 4.90 Å². The van der Waals surface area contributed by atoms with Gasteiger partial charge in [0, 0.05) is 35.5 Å². The van der Waals surface area contributed by atoms with E-state index in [9.17, 15) is 4.79 Å². The van der Waals surface area contributed by atoms with Gasteiger partial charge in [-0.2, -0.15) is 11.8 Å². The first-order chi connectivity index (χ1) is 8.06. The maximum absolute atomic E-state index is 10.9. The first-order valence-corrected chi connectivity index (χ1v) is 7.59. The lowest BCUT2D eigenvalue weighted by Crippen LogP contribution is -2.36. The van der Waals surface area contributed by atoms with E-state index in [2.05, 4.69) is 11.8 Å². The lowest BCUT2D eigenvalue weighted by atomic mass is 10.2. The van der Waals surface area contributed by atoms with Crippen LogP contribution >= 0.6 is 23.1 Å². The van der Waals surface area contributed by atoms with Gasteiger partial charge in [-0.05, 0) is 18.6 Å². The zero-order valence-electron chi connectivity index (χ0n) is 10.1. The molecule has 0 saturated carbocycles. The molecule has 1 unspecified atom stereocenters. The minimum atomic E-state index is -0.813. The van der Waals surface area contributed by atoms with Crippen LogP contribution in [0.4, 0.5) is 0 Å². The second kappa shape index (κ2) is 5.42. The van der Waals surface area contributed by atoms with Crippen LogP contribution in [0.15, 0.2) is 6.07 Å². The highest BCUT2D eigenvalue weighted by molar-refractivity contribution is 7.99. The Morgan fingerprint density at radius 3 is 3.00 bits per heavy atom. The minimum Gasteiger partial charge on any atom is -0.477 e. The molecular formula is C12H17NO2S2. The van der Waals surface area contributed by atoms with Crippen LogP contribution < -0.4 is 0 Å². The van der Waals surface area contributed by atoms with Crippen LogP contribution in [0.2, 0.25) is 0 Å². The molecule has 1 atom stereocenters. The quantitative estimate of drug-likeness (QED) is 0.917. The number of aryl methyl sites for hydroxylation is 1. The second-order valence-electron chi connectivity index (χ2n) is 4.41. The fraction of sp³-hybridized carbons (Fsp3) is 0.583. The second-order valence-corrected chi connectivity index (χ2v) is 7.22. The molecule has 1 N–H and O–H groups in total. The van der Waals surface area contributed by atoms with Crippen molar-refractivity contribution >= 4 is 29.1 Å². The van der Waals surface area contributed by atoms with Gasteiger partial charge in [0.15, 0.2) is 0 Å². The fourth-order valence-corrected chi connectivity index (χ4v) is 4.01. The van der Waals surface area contributed by atoms with Crippen LogP contribution in [0.1, 0.15) is 27.0 Å². The SMILES string of the molecule is Cc1sc(C(=O)O)cc1CN1CCSC(C)C1. The molecule has 1 aliphatic heterocycles. The summed E-state index contributed by atoms with van der Waals surface area (Å²) >= 11 is 3.39. The summed E-state index contributed by atoms with van der Waals surface area (Å²) in [5.74, 6) is 0.364. The fourth-order valence-electron chi connectivity index (χ4n) is 2.06. The molecule has 3 nitrogen and oxygen atoms in total. The minimum absolute atomic E-state index is 0.455. The summed E-state index contributed by atoms with van der Waals surface area (Å²) < 4.78 is 0. The van der Waals surface area contributed by atoms with E-state index in [1.165, 1.54) is 22.7 Å². The standard InChI is InChI=1S/C12H17NO2S2/c1-8-6-13(3-4-16-8)7-10-5-11(12(14)15)17-9(10)2/h5,8H,3-4,6-7H2,1-2H3,(H,14,15). The molecule has 1 fully saturated rings. The number of rotatable bonds is 3. The molecule has 0 aliphatic carbocycles. The van der Waals surface area contributed by atoms with Gasteiger partial charge in [0.1, 0.15) is 4.88 Å². The van der Waals surface area contributed by atoms with Gasteiger partial charge in [-0.25, -0.2) is 4.79 Å². The van der Waals surface area contributed by atoms with Crippen molar-refractivity contribution in [2.45, 2.75) is 25.6 Å². The Labute approximate surface area is 110 Å². The molecule has 0 spiro atoms. The summed E-state index contributed by atoms with van der Waals surface area (Å²) in [5, 5.41) is 9.65. The van der Waals surface area contributed by atoms with E-state index in [0.29, 0.717) is 10.1 Å². The Balaban J connectivity index is 2.05. The van der Waals surface area contributed by atoms with E-state index < -0.39 is 5.97 Å². The van der Waals surface area contributed by atoms with Crippen LogP contribution in [-0.2, 0) is 6.54 Å². The van der Waals surface area contributed by atoms with E-state index in [1.54, 1.807) is 0 Å². The molecule has 0 bridgehead atoms. The van der Waals surface area contributed by atoms with Gasteiger partial charge < -0.3 is 5.11 Å². The van der Waals surface area contributed by atoms with Crippen molar-refractivity contribution in [2.75, 3.05) is 18.8 Å². The molecule has 1 aliphatic rings. The van der Waals surface area contributed by atoms with Crippen LogP contribution in [0.3, 0.4) is 0 Å². The molecule has 1 aromatic heterocycles. The Morgan fingerprint density at radius 1 is 1.65 bits per heavy atom. The summed E-state index contributed by atoms with van der Waals surface area (Å²) in [7, 11) is 0. The number of carboxylic acids is 1. The van der Waals surface area contributed by atoms with Gasteiger partial charge in [0.25, 0.3) is 0 Å². The summed E-state index contributed by atoms with van der Waals surface area (Å²) in [4.78, 5) is 14.9. The molecule has 1 aromatic rings. The Kier molecular flexibility index (Phi) is 4.12. The van der Waals surface area contributed by atoms with Crippen LogP contribution in [0.25, 0.3) is 0 Å². The number of hydrogen-bond donors (Lipinski definition) is 1. The lowest BCUT2D eigenvalue weighted by molar-refractivity contribution is 0.0702. The molecule has 0 aromatic carbocycles. The predicted octanol–water partition coefficient (Wildman–Crippen LogP) is 2.69. The average Bonchev–Trinajstić information content (AvgIpc) is 2.61. The monoisotopic (exact) mass is 271 g/mol.